The molecule has 0 aromatic carbocycles. The van der Waals surface area contributed by atoms with E-state index in [1.807, 2.05) is 20.8 Å². The summed E-state index contributed by atoms with van der Waals surface area (Å²) in [5.74, 6) is -0.574. The first kappa shape index (κ1) is 17.7. The minimum Gasteiger partial charge on any atom is -0.462 e. The highest BCUT2D eigenvalue weighted by atomic mass is 32.1. The summed E-state index contributed by atoms with van der Waals surface area (Å²) in [7, 11) is 0. The number of aliphatic hydroxyl groups is 3. The van der Waals surface area contributed by atoms with Gasteiger partial charge in [-0.3, -0.25) is 4.79 Å². The van der Waals surface area contributed by atoms with E-state index in [1.54, 1.807) is 6.92 Å². The molecule has 0 aromatic heterocycles. The predicted molar refractivity (Wildman–Crippen MR) is 71.5 cm³/mol. The lowest BCUT2D eigenvalue weighted by Gasteiger charge is -2.28. The zero-order chi connectivity index (χ0) is 14.5. The van der Waals surface area contributed by atoms with Gasteiger partial charge in [0.1, 0.15) is 18.8 Å². The number of thiol groups is 1. The van der Waals surface area contributed by atoms with Gasteiger partial charge in [-0.2, -0.15) is 12.6 Å². The first-order valence-corrected chi connectivity index (χ1v) is 6.45. The number of esters is 1. The Morgan fingerprint density at radius 1 is 1.22 bits per heavy atom. The molecule has 0 aliphatic heterocycles. The van der Waals surface area contributed by atoms with Gasteiger partial charge in [0, 0.05) is 0 Å². The highest BCUT2D eigenvalue weighted by Crippen LogP contribution is 2.23. The average Bonchev–Trinajstić information content (AvgIpc) is 2.21. The lowest BCUT2D eigenvalue weighted by molar-refractivity contribution is -0.151. The summed E-state index contributed by atoms with van der Waals surface area (Å²) in [6.45, 7) is 6.93. The maximum Gasteiger partial charge on any atom is 0.318 e. The van der Waals surface area contributed by atoms with Gasteiger partial charge >= 0.3 is 5.97 Å². The summed E-state index contributed by atoms with van der Waals surface area (Å²) in [5, 5.41) is 28.4. The van der Waals surface area contributed by atoms with Gasteiger partial charge in [0.25, 0.3) is 0 Å². The molecule has 0 saturated carbocycles. The SMILES string of the molecule is CC(S)C(=O)OC[C@@H](O)[C@@H](O)C(O)CC(C)(C)C. The van der Waals surface area contributed by atoms with E-state index in [9.17, 15) is 20.1 Å². The van der Waals surface area contributed by atoms with Gasteiger partial charge in [0.05, 0.1) is 11.4 Å². The van der Waals surface area contributed by atoms with Crippen molar-refractivity contribution in [2.24, 2.45) is 5.41 Å². The smallest absolute Gasteiger partial charge is 0.318 e. The zero-order valence-corrected chi connectivity index (χ0v) is 12.2. The molecule has 0 bridgehead atoms. The van der Waals surface area contributed by atoms with E-state index in [-0.39, 0.29) is 12.0 Å². The van der Waals surface area contributed by atoms with E-state index in [0.29, 0.717) is 6.42 Å². The molecule has 0 spiro atoms. The largest absolute Gasteiger partial charge is 0.462 e. The Kier molecular flexibility index (Phi) is 7.21. The van der Waals surface area contributed by atoms with Crippen LogP contribution in [0, 0.1) is 5.41 Å². The van der Waals surface area contributed by atoms with Crippen LogP contribution in [-0.4, -0.2) is 51.5 Å². The number of hydrogen-bond acceptors (Lipinski definition) is 6. The van der Waals surface area contributed by atoms with Crippen molar-refractivity contribution in [1.82, 2.24) is 0 Å². The third-order valence-corrected chi connectivity index (χ3v) is 2.56. The molecule has 18 heavy (non-hydrogen) atoms. The maximum absolute atomic E-state index is 11.1. The van der Waals surface area contributed by atoms with E-state index >= 15 is 0 Å². The number of rotatable bonds is 6. The molecule has 0 amide bonds. The number of carbonyl (C=O) groups excluding carboxylic acids is 1. The van der Waals surface area contributed by atoms with Gasteiger partial charge in [0.2, 0.25) is 0 Å². The Morgan fingerprint density at radius 3 is 2.11 bits per heavy atom. The Morgan fingerprint density at radius 2 is 1.72 bits per heavy atom. The van der Waals surface area contributed by atoms with Crippen molar-refractivity contribution in [2.45, 2.75) is 57.7 Å². The Bertz CT molecular complexity index is 262. The summed E-state index contributed by atoms with van der Waals surface area (Å²) in [6, 6.07) is 0. The van der Waals surface area contributed by atoms with Crippen molar-refractivity contribution < 1.29 is 24.9 Å². The van der Waals surface area contributed by atoms with Crippen molar-refractivity contribution in [3.8, 4) is 0 Å². The van der Waals surface area contributed by atoms with E-state index in [1.165, 1.54) is 0 Å². The minimum atomic E-state index is -1.34. The van der Waals surface area contributed by atoms with Crippen LogP contribution in [0.15, 0.2) is 0 Å². The average molecular weight is 280 g/mol. The fraction of sp³-hybridized carbons (Fsp3) is 0.917. The molecule has 108 valence electrons. The number of hydrogen-bond donors (Lipinski definition) is 4. The van der Waals surface area contributed by atoms with Gasteiger partial charge in [-0.25, -0.2) is 0 Å². The van der Waals surface area contributed by atoms with Crippen LogP contribution in [0.4, 0.5) is 0 Å². The molecule has 4 atom stereocenters. The van der Waals surface area contributed by atoms with Crippen LogP contribution in [0.5, 0.6) is 0 Å². The van der Waals surface area contributed by atoms with Crippen LogP contribution in [-0.2, 0) is 9.53 Å². The molecule has 0 fully saturated rings. The molecule has 0 saturated heterocycles. The summed E-state index contributed by atoms with van der Waals surface area (Å²) in [4.78, 5) is 11.1. The van der Waals surface area contributed by atoms with Crippen LogP contribution < -0.4 is 0 Å². The van der Waals surface area contributed by atoms with Crippen molar-refractivity contribution >= 4 is 18.6 Å². The second-order valence-electron chi connectivity index (χ2n) is 5.70. The highest BCUT2D eigenvalue weighted by Gasteiger charge is 2.29. The van der Waals surface area contributed by atoms with Crippen molar-refractivity contribution in [3.05, 3.63) is 0 Å². The summed E-state index contributed by atoms with van der Waals surface area (Å²) in [5.41, 5.74) is -0.170. The molecule has 0 aliphatic rings. The Labute approximate surface area is 114 Å². The number of carbonyl (C=O) groups is 1. The van der Waals surface area contributed by atoms with Gasteiger partial charge in [-0.1, -0.05) is 20.8 Å². The topological polar surface area (TPSA) is 87.0 Å². The van der Waals surface area contributed by atoms with E-state index in [4.69, 9.17) is 4.74 Å². The van der Waals surface area contributed by atoms with Gasteiger partial charge in [-0.15, -0.1) is 0 Å². The second kappa shape index (κ2) is 7.33. The van der Waals surface area contributed by atoms with Crippen LogP contribution in [0.3, 0.4) is 0 Å². The molecular weight excluding hydrogens is 256 g/mol. The Balaban J connectivity index is 4.17. The highest BCUT2D eigenvalue weighted by molar-refractivity contribution is 7.81. The quantitative estimate of drug-likeness (QED) is 0.417. The van der Waals surface area contributed by atoms with E-state index < -0.39 is 29.5 Å². The first-order chi connectivity index (χ1) is 8.04. The number of ether oxygens (including phenoxy) is 1. The van der Waals surface area contributed by atoms with Crippen LogP contribution in [0.1, 0.15) is 34.1 Å². The monoisotopic (exact) mass is 280 g/mol. The van der Waals surface area contributed by atoms with Crippen LogP contribution in [0.25, 0.3) is 0 Å². The third kappa shape index (κ3) is 7.20. The molecular formula is C12H24O5S. The van der Waals surface area contributed by atoms with Crippen LogP contribution in [0.2, 0.25) is 0 Å². The van der Waals surface area contributed by atoms with Crippen molar-refractivity contribution in [2.75, 3.05) is 6.61 Å². The van der Waals surface area contributed by atoms with Crippen molar-refractivity contribution in [3.63, 3.8) is 0 Å². The van der Waals surface area contributed by atoms with Gasteiger partial charge in [-0.05, 0) is 18.8 Å². The standard InChI is InChI=1S/C12H24O5S/c1-7(18)11(16)17-6-9(14)10(15)8(13)5-12(2,3)4/h7-10,13-15,18H,5-6H2,1-4H3/t7?,8?,9-,10+/m1/s1. The predicted octanol–water partition coefficient (Wildman–Crippen LogP) is 0.367. The van der Waals surface area contributed by atoms with Gasteiger partial charge < -0.3 is 20.1 Å². The number of aliphatic hydroxyl groups excluding tert-OH is 3. The first-order valence-electron chi connectivity index (χ1n) is 5.93. The lowest BCUT2D eigenvalue weighted by atomic mass is 9.86. The molecule has 0 heterocycles. The van der Waals surface area contributed by atoms with E-state index in [2.05, 4.69) is 12.6 Å². The molecule has 0 aliphatic carbocycles. The zero-order valence-electron chi connectivity index (χ0n) is 11.3. The van der Waals surface area contributed by atoms with Crippen LogP contribution >= 0.6 is 12.6 Å². The summed E-state index contributed by atoms with van der Waals surface area (Å²) >= 11 is 3.88. The third-order valence-electron chi connectivity index (χ3n) is 2.35. The summed E-state index contributed by atoms with van der Waals surface area (Å²) < 4.78 is 4.73. The van der Waals surface area contributed by atoms with E-state index in [0.717, 1.165) is 0 Å². The molecule has 0 radical (unpaired) electrons. The second-order valence-corrected chi connectivity index (χ2v) is 6.47. The Hall–Kier alpha value is -0.300. The summed E-state index contributed by atoms with van der Waals surface area (Å²) in [6.07, 6.45) is -3.37. The molecule has 0 rings (SSSR count). The molecule has 5 nitrogen and oxygen atoms in total. The molecule has 6 heteroatoms. The minimum absolute atomic E-state index is 0.170. The lowest BCUT2D eigenvalue weighted by Crippen LogP contribution is -2.42. The van der Waals surface area contributed by atoms with Gasteiger partial charge in [0.15, 0.2) is 0 Å². The fourth-order valence-corrected chi connectivity index (χ4v) is 1.47. The van der Waals surface area contributed by atoms with Crippen molar-refractivity contribution in [1.29, 1.82) is 0 Å². The maximum atomic E-state index is 11.1. The molecule has 0 aromatic rings. The normalized spacial score (nSPS) is 18.9. The fourth-order valence-electron chi connectivity index (χ4n) is 1.39. The molecule has 2 unspecified atom stereocenters. The molecule has 3 N–H and O–H groups in total.